The van der Waals surface area contributed by atoms with Gasteiger partial charge in [-0.05, 0) is 36.6 Å². The molecule has 2 aromatic carbocycles. The van der Waals surface area contributed by atoms with Gasteiger partial charge in [0.25, 0.3) is 11.8 Å². The van der Waals surface area contributed by atoms with E-state index in [0.717, 1.165) is 18.4 Å². The molecule has 0 bridgehead atoms. The number of fused-ring (bicyclic) bond motifs is 1. The molecule has 0 spiro atoms. The predicted molar refractivity (Wildman–Crippen MR) is 117 cm³/mol. The molecule has 0 fully saturated rings. The van der Waals surface area contributed by atoms with Crippen molar-refractivity contribution in [3.05, 3.63) is 59.1 Å². The molecule has 1 heterocycles. The Labute approximate surface area is 182 Å². The highest BCUT2D eigenvalue weighted by molar-refractivity contribution is 6.31. The number of anilines is 1. The summed E-state index contributed by atoms with van der Waals surface area (Å²) in [4.78, 5) is 27.2. The molecule has 1 aliphatic heterocycles. The molecule has 1 aliphatic rings. The van der Waals surface area contributed by atoms with Crippen molar-refractivity contribution in [2.45, 2.75) is 45.4 Å². The maximum Gasteiger partial charge on any atom is 0.263 e. The van der Waals surface area contributed by atoms with Crippen molar-refractivity contribution >= 4 is 29.1 Å². The van der Waals surface area contributed by atoms with Gasteiger partial charge in [0, 0.05) is 11.1 Å². The molecular formula is C23H27ClN2O4. The Kier molecular flexibility index (Phi) is 7.71. The fourth-order valence-electron chi connectivity index (χ4n) is 3.34. The van der Waals surface area contributed by atoms with Crippen LogP contribution in [0.2, 0.25) is 5.02 Å². The number of carbonyl (C=O) groups excluding carboxylic acids is 2. The van der Waals surface area contributed by atoms with Crippen LogP contribution in [0.3, 0.4) is 0 Å². The van der Waals surface area contributed by atoms with Gasteiger partial charge in [-0.1, -0.05) is 55.8 Å². The maximum atomic E-state index is 12.9. The number of benzene rings is 2. The fraction of sp³-hybridized carbons (Fsp3) is 0.391. The van der Waals surface area contributed by atoms with Crippen molar-refractivity contribution in [1.82, 2.24) is 5.32 Å². The van der Waals surface area contributed by atoms with Crippen LogP contribution in [0.25, 0.3) is 0 Å². The van der Waals surface area contributed by atoms with Gasteiger partial charge in [-0.25, -0.2) is 0 Å². The standard InChI is InChI=1S/C23H27ClN2O4/c1-3-17(4-2)25-23(28)21-13-26(19-11-7-8-12-20(19)30-21)22(27)15-29-14-16-9-5-6-10-18(16)24/h5-12,17,21H,3-4,13-15H2,1-2H3,(H,25,28). The molecule has 0 saturated heterocycles. The van der Waals surface area contributed by atoms with Gasteiger partial charge in [0.1, 0.15) is 12.4 Å². The van der Waals surface area contributed by atoms with Crippen LogP contribution >= 0.6 is 11.6 Å². The second-order valence-corrected chi connectivity index (χ2v) is 7.59. The molecule has 30 heavy (non-hydrogen) atoms. The van der Waals surface area contributed by atoms with E-state index in [9.17, 15) is 9.59 Å². The second-order valence-electron chi connectivity index (χ2n) is 7.18. The Morgan fingerprint density at radius 3 is 2.60 bits per heavy atom. The van der Waals surface area contributed by atoms with E-state index in [1.807, 2.05) is 44.2 Å². The van der Waals surface area contributed by atoms with E-state index in [4.69, 9.17) is 21.1 Å². The van der Waals surface area contributed by atoms with E-state index >= 15 is 0 Å². The molecule has 2 aromatic rings. The van der Waals surface area contributed by atoms with Crippen LogP contribution in [-0.4, -0.2) is 37.1 Å². The van der Waals surface area contributed by atoms with Crippen LogP contribution < -0.4 is 15.0 Å². The van der Waals surface area contributed by atoms with Crippen molar-refractivity contribution < 1.29 is 19.1 Å². The lowest BCUT2D eigenvalue weighted by Crippen LogP contribution is -2.53. The van der Waals surface area contributed by atoms with Crippen LogP contribution in [0, 0.1) is 0 Å². The average molecular weight is 431 g/mol. The van der Waals surface area contributed by atoms with Gasteiger partial charge >= 0.3 is 0 Å². The molecular weight excluding hydrogens is 404 g/mol. The average Bonchev–Trinajstić information content (AvgIpc) is 2.77. The molecule has 1 N–H and O–H groups in total. The van der Waals surface area contributed by atoms with Crippen LogP contribution in [0.1, 0.15) is 32.3 Å². The van der Waals surface area contributed by atoms with E-state index in [1.165, 1.54) is 0 Å². The Balaban J connectivity index is 1.68. The lowest BCUT2D eigenvalue weighted by atomic mass is 10.1. The zero-order chi connectivity index (χ0) is 21.5. The first kappa shape index (κ1) is 22.1. The molecule has 7 heteroatoms. The number of halogens is 1. The second kappa shape index (κ2) is 10.5. The maximum absolute atomic E-state index is 12.9. The minimum absolute atomic E-state index is 0.0846. The van der Waals surface area contributed by atoms with Crippen LogP contribution in [-0.2, 0) is 20.9 Å². The molecule has 1 atom stereocenters. The lowest BCUT2D eigenvalue weighted by molar-refractivity contribution is -0.129. The van der Waals surface area contributed by atoms with E-state index < -0.39 is 6.10 Å². The Morgan fingerprint density at radius 1 is 1.17 bits per heavy atom. The minimum atomic E-state index is -0.770. The number of ether oxygens (including phenoxy) is 2. The summed E-state index contributed by atoms with van der Waals surface area (Å²) in [7, 11) is 0. The highest BCUT2D eigenvalue weighted by atomic mass is 35.5. The van der Waals surface area contributed by atoms with Gasteiger partial charge in [-0.3, -0.25) is 9.59 Å². The molecule has 1 unspecified atom stereocenters. The van der Waals surface area contributed by atoms with Crippen molar-refractivity contribution in [3.63, 3.8) is 0 Å². The first-order valence-corrected chi connectivity index (χ1v) is 10.6. The lowest BCUT2D eigenvalue weighted by Gasteiger charge is -2.34. The van der Waals surface area contributed by atoms with Crippen molar-refractivity contribution in [3.8, 4) is 5.75 Å². The van der Waals surface area contributed by atoms with Crippen molar-refractivity contribution in [2.75, 3.05) is 18.1 Å². The Hall–Kier alpha value is -2.57. The number of para-hydroxylation sites is 2. The van der Waals surface area contributed by atoms with E-state index in [-0.39, 0.29) is 37.6 Å². The van der Waals surface area contributed by atoms with E-state index in [1.54, 1.807) is 23.1 Å². The van der Waals surface area contributed by atoms with E-state index in [2.05, 4.69) is 5.32 Å². The first-order valence-electron chi connectivity index (χ1n) is 10.2. The summed E-state index contributed by atoms with van der Waals surface area (Å²) in [6.07, 6.45) is 0.904. The zero-order valence-electron chi connectivity index (χ0n) is 17.3. The van der Waals surface area contributed by atoms with Crippen molar-refractivity contribution in [1.29, 1.82) is 0 Å². The third-order valence-corrected chi connectivity index (χ3v) is 5.51. The van der Waals surface area contributed by atoms with Gasteiger partial charge < -0.3 is 19.7 Å². The molecule has 160 valence electrons. The quantitative estimate of drug-likeness (QED) is 0.688. The highest BCUT2D eigenvalue weighted by Gasteiger charge is 2.34. The normalized spacial score (nSPS) is 15.5. The first-order chi connectivity index (χ1) is 14.5. The Morgan fingerprint density at radius 2 is 1.87 bits per heavy atom. The molecule has 0 saturated carbocycles. The molecule has 0 radical (unpaired) electrons. The van der Waals surface area contributed by atoms with Gasteiger partial charge in [-0.2, -0.15) is 0 Å². The van der Waals surface area contributed by atoms with Crippen LogP contribution in [0.15, 0.2) is 48.5 Å². The van der Waals surface area contributed by atoms with Crippen LogP contribution in [0.5, 0.6) is 5.75 Å². The highest BCUT2D eigenvalue weighted by Crippen LogP contribution is 2.33. The van der Waals surface area contributed by atoms with Crippen LogP contribution in [0.4, 0.5) is 5.69 Å². The predicted octanol–water partition coefficient (Wildman–Crippen LogP) is 3.96. The van der Waals surface area contributed by atoms with Gasteiger partial charge in [-0.15, -0.1) is 0 Å². The SMILES string of the molecule is CCC(CC)NC(=O)C1CN(C(=O)COCc2ccccc2Cl)c2ccccc2O1. The number of hydrogen-bond donors (Lipinski definition) is 1. The zero-order valence-corrected chi connectivity index (χ0v) is 18.0. The third-order valence-electron chi connectivity index (χ3n) is 5.14. The Bertz CT molecular complexity index is 885. The number of nitrogens with zero attached hydrogens (tertiary/aromatic N) is 1. The molecule has 0 aliphatic carbocycles. The summed E-state index contributed by atoms with van der Waals surface area (Å²) in [6, 6.07) is 14.6. The largest absolute Gasteiger partial charge is 0.477 e. The summed E-state index contributed by atoms with van der Waals surface area (Å²) >= 11 is 6.14. The van der Waals surface area contributed by atoms with Gasteiger partial charge in [0.2, 0.25) is 0 Å². The number of rotatable bonds is 8. The number of amides is 2. The number of hydrogen-bond acceptors (Lipinski definition) is 4. The third kappa shape index (κ3) is 5.32. The summed E-state index contributed by atoms with van der Waals surface area (Å²) in [5, 5.41) is 3.60. The molecule has 6 nitrogen and oxygen atoms in total. The molecule has 2 amide bonds. The summed E-state index contributed by atoms with van der Waals surface area (Å²) in [5.41, 5.74) is 1.45. The number of nitrogens with one attached hydrogen (secondary N) is 1. The van der Waals surface area contributed by atoms with Crippen molar-refractivity contribution in [2.24, 2.45) is 0 Å². The van der Waals surface area contributed by atoms with Gasteiger partial charge in [0.15, 0.2) is 6.10 Å². The summed E-state index contributed by atoms with van der Waals surface area (Å²) in [6.45, 7) is 4.29. The topological polar surface area (TPSA) is 67.9 Å². The fourth-order valence-corrected chi connectivity index (χ4v) is 3.53. The summed E-state index contributed by atoms with van der Waals surface area (Å²) in [5.74, 6) is 0.0547. The molecule has 0 aromatic heterocycles. The molecule has 3 rings (SSSR count). The number of carbonyl (C=O) groups is 2. The minimum Gasteiger partial charge on any atom is -0.477 e. The summed E-state index contributed by atoms with van der Waals surface area (Å²) < 4.78 is 11.5. The monoisotopic (exact) mass is 430 g/mol. The van der Waals surface area contributed by atoms with E-state index in [0.29, 0.717) is 16.5 Å². The smallest absolute Gasteiger partial charge is 0.263 e. The van der Waals surface area contributed by atoms with Gasteiger partial charge in [0.05, 0.1) is 18.8 Å².